The number of nitrogens with one attached hydrogen (secondary N) is 2. The predicted molar refractivity (Wildman–Crippen MR) is 110 cm³/mol. The number of ether oxygens (including phenoxy) is 1. The van der Waals surface area contributed by atoms with Crippen LogP contribution in [0.1, 0.15) is 19.4 Å². The van der Waals surface area contributed by atoms with E-state index >= 15 is 0 Å². The molecule has 0 aliphatic rings. The second-order valence-corrected chi connectivity index (χ2v) is 9.25. The van der Waals surface area contributed by atoms with Gasteiger partial charge in [0.25, 0.3) is 0 Å². The normalized spacial score (nSPS) is 13.8. The van der Waals surface area contributed by atoms with Gasteiger partial charge in [-0.05, 0) is 26.0 Å². The van der Waals surface area contributed by atoms with E-state index in [9.17, 15) is 14.2 Å². The minimum Gasteiger partial charge on any atom is -0.431 e. The van der Waals surface area contributed by atoms with Crippen molar-refractivity contribution < 1.29 is 18.6 Å². The van der Waals surface area contributed by atoms with Crippen molar-refractivity contribution in [1.29, 1.82) is 0 Å². The van der Waals surface area contributed by atoms with Crippen molar-refractivity contribution in [3.8, 4) is 5.75 Å². The van der Waals surface area contributed by atoms with Crippen molar-refractivity contribution in [1.82, 2.24) is 24.7 Å². The van der Waals surface area contributed by atoms with Crippen molar-refractivity contribution in [2.45, 2.75) is 25.9 Å². The zero-order valence-electron chi connectivity index (χ0n) is 16.6. The van der Waals surface area contributed by atoms with E-state index in [4.69, 9.17) is 15.0 Å². The number of fused-ring (bicyclic) bond motifs is 1. The Bertz CT molecular complexity index is 1130. The number of rotatable bonds is 10. The number of carbonyl (C=O) groups excluding carboxylic acids is 1. The molecule has 0 saturated heterocycles. The summed E-state index contributed by atoms with van der Waals surface area (Å²) in [6.07, 6.45) is 2.13. The highest BCUT2D eigenvalue weighted by Crippen LogP contribution is 2.43. The summed E-state index contributed by atoms with van der Waals surface area (Å²) >= 11 is 0. The van der Waals surface area contributed by atoms with Crippen LogP contribution < -0.4 is 21.0 Å². The van der Waals surface area contributed by atoms with Crippen LogP contribution in [0.5, 0.6) is 5.75 Å². The van der Waals surface area contributed by atoms with Crippen molar-refractivity contribution in [3.63, 3.8) is 0 Å². The topological polar surface area (TPSA) is 154 Å². The maximum Gasteiger partial charge on any atom is 0.350 e. The summed E-state index contributed by atoms with van der Waals surface area (Å²) in [5.41, 5.74) is 5.26. The molecule has 1 atom stereocenters. The third-order valence-corrected chi connectivity index (χ3v) is 5.76. The minimum absolute atomic E-state index is 0.0215. The third-order valence-electron chi connectivity index (χ3n) is 4.12. The highest BCUT2D eigenvalue weighted by Gasteiger charge is 2.30. The van der Waals surface area contributed by atoms with E-state index < -0.39 is 18.8 Å². The van der Waals surface area contributed by atoms with Crippen LogP contribution in [0.4, 0.5) is 5.95 Å². The molecule has 0 spiro atoms. The molecular formula is C18H23N6O5P. The lowest BCUT2D eigenvalue weighted by atomic mass is 10.0. The maximum atomic E-state index is 13.2. The molecule has 4 N–H and O–H groups in total. The first-order valence-corrected chi connectivity index (χ1v) is 10.9. The smallest absolute Gasteiger partial charge is 0.350 e. The summed E-state index contributed by atoms with van der Waals surface area (Å²) in [5.74, 6) is 0.369. The number of hydrogen-bond acceptors (Lipinski definition) is 8. The Balaban J connectivity index is 1.75. The van der Waals surface area contributed by atoms with Gasteiger partial charge >= 0.3 is 13.2 Å². The van der Waals surface area contributed by atoms with Gasteiger partial charge in [0, 0.05) is 12.0 Å². The SMILES string of the molecule is CC(C)(Cc1cnn2c(=O)[nH]c(N)nc12)OCP(=O)(NCC=O)Oc1ccccc1. The fraction of sp³-hybridized carbons (Fsp3) is 0.333. The highest BCUT2D eigenvalue weighted by molar-refractivity contribution is 7.57. The van der Waals surface area contributed by atoms with E-state index in [0.717, 1.165) is 4.52 Å². The van der Waals surface area contributed by atoms with Gasteiger partial charge in [0.15, 0.2) is 5.65 Å². The second kappa shape index (κ2) is 8.78. The second-order valence-electron chi connectivity index (χ2n) is 7.15. The van der Waals surface area contributed by atoms with Gasteiger partial charge in [-0.2, -0.15) is 14.6 Å². The molecule has 11 nitrogen and oxygen atoms in total. The van der Waals surface area contributed by atoms with Crippen molar-refractivity contribution in [2.24, 2.45) is 0 Å². The molecule has 3 aromatic rings. The summed E-state index contributed by atoms with van der Waals surface area (Å²) in [6, 6.07) is 8.61. The average Bonchev–Trinajstić information content (AvgIpc) is 3.08. The fourth-order valence-electron chi connectivity index (χ4n) is 2.77. The van der Waals surface area contributed by atoms with E-state index in [2.05, 4.69) is 20.2 Å². The number of aromatic nitrogens is 4. The number of aldehydes is 1. The van der Waals surface area contributed by atoms with Crippen LogP contribution in [0, 0.1) is 0 Å². The zero-order chi connectivity index (χ0) is 21.8. The van der Waals surface area contributed by atoms with Crippen LogP contribution in [0.3, 0.4) is 0 Å². The van der Waals surface area contributed by atoms with E-state index in [-0.39, 0.29) is 18.8 Å². The molecular weight excluding hydrogens is 411 g/mol. The van der Waals surface area contributed by atoms with Crippen LogP contribution in [0.2, 0.25) is 0 Å². The summed E-state index contributed by atoms with van der Waals surface area (Å²) < 4.78 is 25.8. The van der Waals surface area contributed by atoms with Gasteiger partial charge in [0.05, 0.1) is 18.3 Å². The Labute approximate surface area is 172 Å². The van der Waals surface area contributed by atoms with Crippen molar-refractivity contribution in [3.05, 3.63) is 52.6 Å². The lowest BCUT2D eigenvalue weighted by molar-refractivity contribution is -0.106. The molecule has 3 rings (SSSR count). The lowest BCUT2D eigenvalue weighted by Gasteiger charge is -2.28. The van der Waals surface area contributed by atoms with E-state index in [1.54, 1.807) is 44.2 Å². The minimum atomic E-state index is -3.52. The number of nitrogens with two attached hydrogens (primary N) is 1. The number of nitrogen functional groups attached to an aromatic ring is 1. The first-order chi connectivity index (χ1) is 14.2. The first kappa shape index (κ1) is 21.7. The summed E-state index contributed by atoms with van der Waals surface area (Å²) in [6.45, 7) is 3.44. The molecule has 0 amide bonds. The Morgan fingerprint density at radius 1 is 1.33 bits per heavy atom. The molecule has 2 aromatic heterocycles. The molecule has 0 aliphatic heterocycles. The molecule has 1 unspecified atom stereocenters. The first-order valence-electron chi connectivity index (χ1n) is 9.10. The number of aromatic amines is 1. The van der Waals surface area contributed by atoms with E-state index in [0.29, 0.717) is 29.7 Å². The molecule has 0 bridgehead atoms. The van der Waals surface area contributed by atoms with Crippen LogP contribution in [-0.4, -0.2) is 44.4 Å². The van der Waals surface area contributed by atoms with E-state index in [1.807, 2.05) is 0 Å². The molecule has 2 heterocycles. The number of nitrogens with zero attached hydrogens (tertiary/aromatic N) is 3. The largest absolute Gasteiger partial charge is 0.431 e. The molecule has 0 aliphatic carbocycles. The van der Waals surface area contributed by atoms with Gasteiger partial charge < -0.3 is 19.8 Å². The quantitative estimate of drug-likeness (QED) is 0.317. The number of H-pyrrole nitrogens is 1. The molecule has 0 fully saturated rings. The molecule has 1 aromatic carbocycles. The Morgan fingerprint density at radius 3 is 2.77 bits per heavy atom. The summed E-state index contributed by atoms with van der Waals surface area (Å²) in [7, 11) is -3.52. The van der Waals surface area contributed by atoms with Gasteiger partial charge in [-0.25, -0.2) is 9.88 Å². The van der Waals surface area contributed by atoms with Crippen LogP contribution in [0.15, 0.2) is 41.3 Å². The zero-order valence-corrected chi connectivity index (χ0v) is 17.5. The third kappa shape index (κ3) is 5.32. The van der Waals surface area contributed by atoms with Crippen LogP contribution in [0.25, 0.3) is 5.65 Å². The summed E-state index contributed by atoms with van der Waals surface area (Å²) in [5, 5.41) is 6.64. The molecule has 30 heavy (non-hydrogen) atoms. The Hall–Kier alpha value is -3.01. The fourth-order valence-corrected chi connectivity index (χ4v) is 4.32. The number of benzene rings is 1. The van der Waals surface area contributed by atoms with Gasteiger partial charge in [0.1, 0.15) is 18.4 Å². The molecule has 0 saturated carbocycles. The highest BCUT2D eigenvalue weighted by atomic mass is 31.2. The van der Waals surface area contributed by atoms with Crippen LogP contribution in [-0.2, 0) is 20.5 Å². The van der Waals surface area contributed by atoms with Gasteiger partial charge in [-0.15, -0.1) is 0 Å². The lowest BCUT2D eigenvalue weighted by Crippen LogP contribution is -2.31. The number of para-hydroxylation sites is 1. The monoisotopic (exact) mass is 434 g/mol. The Morgan fingerprint density at radius 2 is 2.07 bits per heavy atom. The Kier molecular flexibility index (Phi) is 6.35. The average molecular weight is 434 g/mol. The van der Waals surface area contributed by atoms with Crippen molar-refractivity contribution in [2.75, 3.05) is 18.6 Å². The van der Waals surface area contributed by atoms with Gasteiger partial charge in [-0.3, -0.25) is 9.55 Å². The number of hydrogen-bond donors (Lipinski definition) is 3. The van der Waals surface area contributed by atoms with Crippen molar-refractivity contribution >= 4 is 25.4 Å². The standard InChI is InChI=1S/C18H23N6O5P/c1-18(2,10-13-11-20-24-15(13)22-16(19)23-17(24)26)28-12-30(27,21-8-9-25)29-14-6-4-3-5-7-14/h3-7,9,11H,8,10,12H2,1-2H3,(H,21,27)(H3,19,22,23,26). The number of carbonyl (C=O) groups is 1. The summed E-state index contributed by atoms with van der Waals surface area (Å²) in [4.78, 5) is 29.2. The number of anilines is 1. The van der Waals surface area contributed by atoms with Gasteiger partial charge in [-0.1, -0.05) is 18.2 Å². The van der Waals surface area contributed by atoms with Crippen LogP contribution >= 0.6 is 7.52 Å². The van der Waals surface area contributed by atoms with Gasteiger partial charge in [0.2, 0.25) is 5.95 Å². The molecule has 160 valence electrons. The molecule has 12 heteroatoms. The van der Waals surface area contributed by atoms with E-state index in [1.165, 1.54) is 6.20 Å². The molecule has 0 radical (unpaired) electrons. The predicted octanol–water partition coefficient (Wildman–Crippen LogP) is 1.36. The maximum absolute atomic E-state index is 13.2.